The van der Waals surface area contributed by atoms with Gasteiger partial charge < -0.3 is 15.4 Å². The number of benzene rings is 3. The van der Waals surface area contributed by atoms with Gasteiger partial charge in [-0.3, -0.25) is 4.79 Å². The molecule has 3 amide bonds. The van der Waals surface area contributed by atoms with Crippen LogP contribution in [0.15, 0.2) is 66.7 Å². The van der Waals surface area contributed by atoms with Crippen molar-refractivity contribution in [2.45, 2.75) is 0 Å². The second-order valence-electron chi connectivity index (χ2n) is 6.10. The molecule has 3 aromatic rings. The number of nitrogens with one attached hydrogen (secondary N) is 2. The van der Waals surface area contributed by atoms with Crippen LogP contribution in [0.1, 0.15) is 10.4 Å². The Hall–Kier alpha value is -3.23. The van der Waals surface area contributed by atoms with Crippen LogP contribution in [0.4, 0.5) is 26.2 Å². The molecule has 9 heteroatoms. The van der Waals surface area contributed by atoms with Gasteiger partial charge in [0, 0.05) is 16.9 Å². The van der Waals surface area contributed by atoms with E-state index in [2.05, 4.69) is 23.4 Å². The maximum absolute atomic E-state index is 13.0. The van der Waals surface area contributed by atoms with E-state index in [0.29, 0.717) is 33.4 Å². The molecule has 0 atom stereocenters. The first kappa shape index (κ1) is 21.5. The molecule has 0 aliphatic heterocycles. The summed E-state index contributed by atoms with van der Waals surface area (Å²) in [4.78, 5) is 24.6. The third-order valence-electron chi connectivity index (χ3n) is 4.07. The predicted octanol–water partition coefficient (Wildman–Crippen LogP) is 5.62. The SMILES string of the molecule is COc1ccc(NC(=O)N(S)c2ccc(NC(=O)c3ccc(F)cc3)cc2)cc1Cl. The van der Waals surface area contributed by atoms with E-state index in [9.17, 15) is 14.0 Å². The zero-order chi connectivity index (χ0) is 21.7. The number of hydrogen-bond acceptors (Lipinski definition) is 4. The zero-order valence-corrected chi connectivity index (χ0v) is 17.4. The number of ether oxygens (including phenoxy) is 1. The van der Waals surface area contributed by atoms with E-state index < -0.39 is 11.8 Å². The third-order valence-corrected chi connectivity index (χ3v) is 4.78. The molecule has 30 heavy (non-hydrogen) atoms. The normalized spacial score (nSPS) is 10.3. The highest BCUT2D eigenvalue weighted by molar-refractivity contribution is 7.82. The lowest BCUT2D eigenvalue weighted by atomic mass is 10.2. The van der Waals surface area contributed by atoms with Crippen molar-refractivity contribution in [2.75, 3.05) is 22.0 Å². The number of carbonyl (C=O) groups excluding carboxylic acids is 2. The number of halogens is 2. The van der Waals surface area contributed by atoms with Gasteiger partial charge in [0.2, 0.25) is 0 Å². The van der Waals surface area contributed by atoms with Crippen LogP contribution in [0.3, 0.4) is 0 Å². The average molecular weight is 446 g/mol. The van der Waals surface area contributed by atoms with Crippen molar-refractivity contribution in [1.29, 1.82) is 0 Å². The van der Waals surface area contributed by atoms with Gasteiger partial charge in [-0.2, -0.15) is 0 Å². The van der Waals surface area contributed by atoms with E-state index in [0.717, 1.165) is 4.31 Å². The summed E-state index contributed by atoms with van der Waals surface area (Å²) in [6, 6.07) is 16.1. The summed E-state index contributed by atoms with van der Waals surface area (Å²) in [5.74, 6) is -0.296. The Balaban J connectivity index is 1.63. The molecule has 0 aliphatic carbocycles. The molecule has 2 N–H and O–H groups in total. The maximum atomic E-state index is 13.0. The Kier molecular flexibility index (Phi) is 6.81. The fourth-order valence-corrected chi connectivity index (χ4v) is 2.97. The van der Waals surface area contributed by atoms with Gasteiger partial charge in [0.25, 0.3) is 5.91 Å². The minimum absolute atomic E-state index is 0.328. The van der Waals surface area contributed by atoms with Crippen molar-refractivity contribution >= 4 is 53.4 Å². The summed E-state index contributed by atoms with van der Waals surface area (Å²) < 4.78 is 19.2. The predicted molar refractivity (Wildman–Crippen MR) is 119 cm³/mol. The quantitative estimate of drug-likeness (QED) is 0.446. The van der Waals surface area contributed by atoms with Crippen molar-refractivity contribution in [3.05, 3.63) is 83.1 Å². The van der Waals surface area contributed by atoms with Gasteiger partial charge in [0.05, 0.1) is 17.8 Å². The van der Waals surface area contributed by atoms with E-state index in [1.54, 1.807) is 42.5 Å². The Labute approximate surface area is 183 Å². The zero-order valence-electron chi connectivity index (χ0n) is 15.7. The van der Waals surface area contributed by atoms with Crippen molar-refractivity contribution in [2.24, 2.45) is 0 Å². The molecule has 154 valence electrons. The number of anilines is 3. The lowest BCUT2D eigenvalue weighted by molar-refractivity contribution is 0.102. The monoisotopic (exact) mass is 445 g/mol. The summed E-state index contributed by atoms with van der Waals surface area (Å²) in [5.41, 5.74) is 1.80. The third kappa shape index (κ3) is 5.22. The second kappa shape index (κ2) is 9.51. The fourth-order valence-electron chi connectivity index (χ4n) is 2.53. The van der Waals surface area contributed by atoms with Gasteiger partial charge in [-0.05, 0) is 66.7 Å². The van der Waals surface area contributed by atoms with Crippen LogP contribution in [0.25, 0.3) is 0 Å². The highest BCUT2D eigenvalue weighted by atomic mass is 35.5. The Morgan fingerprint density at radius 3 is 2.20 bits per heavy atom. The van der Waals surface area contributed by atoms with Gasteiger partial charge in [0.1, 0.15) is 11.6 Å². The second-order valence-corrected chi connectivity index (χ2v) is 6.91. The molecule has 3 aromatic carbocycles. The Morgan fingerprint density at radius 1 is 0.967 bits per heavy atom. The molecular weight excluding hydrogens is 429 g/mol. The van der Waals surface area contributed by atoms with Crippen LogP contribution >= 0.6 is 24.4 Å². The smallest absolute Gasteiger partial charge is 0.336 e. The largest absolute Gasteiger partial charge is 0.495 e. The first-order valence-corrected chi connectivity index (χ1v) is 9.45. The molecule has 6 nitrogen and oxygen atoms in total. The molecule has 0 fully saturated rings. The van der Waals surface area contributed by atoms with Crippen molar-refractivity contribution in [3.63, 3.8) is 0 Å². The molecule has 0 saturated heterocycles. The molecule has 0 saturated carbocycles. The number of hydrogen-bond donors (Lipinski definition) is 3. The summed E-state index contributed by atoms with van der Waals surface area (Å²) >= 11 is 10.3. The molecular formula is C21H17ClFN3O3S. The average Bonchev–Trinajstić information content (AvgIpc) is 2.74. The Bertz CT molecular complexity index is 1060. The number of nitrogens with zero attached hydrogens (tertiary/aromatic N) is 1. The molecule has 0 aromatic heterocycles. The van der Waals surface area contributed by atoms with Crippen LogP contribution < -0.4 is 19.7 Å². The van der Waals surface area contributed by atoms with E-state index >= 15 is 0 Å². The van der Waals surface area contributed by atoms with Crippen LogP contribution in [-0.4, -0.2) is 19.0 Å². The number of rotatable bonds is 5. The first-order chi connectivity index (χ1) is 14.4. The standard InChI is InChI=1S/C21H17ClFN3O3S/c1-29-19-11-8-16(12-18(19)22)25-21(28)26(30)17-9-6-15(7-10-17)24-20(27)13-2-4-14(23)5-3-13/h2-12,30H,1H3,(H,24,27)(H,25,28). The van der Waals surface area contributed by atoms with Crippen LogP contribution in [0.2, 0.25) is 5.02 Å². The lowest BCUT2D eigenvalue weighted by Crippen LogP contribution is -2.26. The van der Waals surface area contributed by atoms with Crippen molar-refractivity contribution in [3.8, 4) is 5.75 Å². The van der Waals surface area contributed by atoms with Gasteiger partial charge >= 0.3 is 6.03 Å². The van der Waals surface area contributed by atoms with Crippen LogP contribution in [0, 0.1) is 5.82 Å². The molecule has 0 bridgehead atoms. The minimum atomic E-state index is -0.498. The molecule has 0 spiro atoms. The van der Waals surface area contributed by atoms with Gasteiger partial charge in [-0.25, -0.2) is 13.5 Å². The Morgan fingerprint density at radius 2 is 1.60 bits per heavy atom. The molecule has 0 heterocycles. The number of amides is 3. The fraction of sp³-hybridized carbons (Fsp3) is 0.0476. The van der Waals surface area contributed by atoms with Crippen LogP contribution in [0.5, 0.6) is 5.75 Å². The molecule has 0 unspecified atom stereocenters. The summed E-state index contributed by atoms with van der Waals surface area (Å²) in [6.45, 7) is 0. The number of carbonyl (C=O) groups is 2. The summed E-state index contributed by atoms with van der Waals surface area (Å²) in [5, 5.41) is 5.74. The molecule has 0 aliphatic rings. The van der Waals surface area contributed by atoms with Gasteiger partial charge in [-0.15, -0.1) is 0 Å². The summed E-state index contributed by atoms with van der Waals surface area (Å²) in [6.07, 6.45) is 0. The van der Waals surface area contributed by atoms with E-state index in [-0.39, 0.29) is 5.91 Å². The topological polar surface area (TPSA) is 70.7 Å². The number of methoxy groups -OCH3 is 1. The van der Waals surface area contributed by atoms with Crippen molar-refractivity contribution < 1.29 is 18.7 Å². The van der Waals surface area contributed by atoms with Crippen molar-refractivity contribution in [1.82, 2.24) is 0 Å². The van der Waals surface area contributed by atoms with Gasteiger partial charge in [0.15, 0.2) is 0 Å². The van der Waals surface area contributed by atoms with E-state index in [1.165, 1.54) is 31.4 Å². The molecule has 0 radical (unpaired) electrons. The summed E-state index contributed by atoms with van der Waals surface area (Å²) in [7, 11) is 1.50. The highest BCUT2D eigenvalue weighted by Gasteiger charge is 2.14. The lowest BCUT2D eigenvalue weighted by Gasteiger charge is -2.17. The number of thiol groups is 1. The van der Waals surface area contributed by atoms with E-state index in [4.69, 9.17) is 16.3 Å². The molecule has 3 rings (SSSR count). The van der Waals surface area contributed by atoms with Gasteiger partial charge in [-0.1, -0.05) is 24.4 Å². The highest BCUT2D eigenvalue weighted by Crippen LogP contribution is 2.28. The minimum Gasteiger partial charge on any atom is -0.495 e. The van der Waals surface area contributed by atoms with Crippen LogP contribution in [-0.2, 0) is 0 Å². The first-order valence-electron chi connectivity index (χ1n) is 8.68. The number of urea groups is 1. The maximum Gasteiger partial charge on any atom is 0.336 e. The van der Waals surface area contributed by atoms with E-state index in [1.807, 2.05) is 0 Å².